The zero-order chi connectivity index (χ0) is 21.3. The average Bonchev–Trinajstić information content (AvgIpc) is 3.18. The van der Waals surface area contributed by atoms with Gasteiger partial charge in [-0.05, 0) is 91.8 Å². The van der Waals surface area contributed by atoms with Gasteiger partial charge in [0.05, 0.1) is 5.41 Å². The maximum absolute atomic E-state index is 12.8. The molecule has 6 fully saturated rings. The molecular formula is C27H40O3. The molecule has 166 valence electrons. The Hall–Kier alpha value is -0.860. The second-order valence-electron chi connectivity index (χ2n) is 13.5. The Morgan fingerprint density at radius 2 is 1.53 bits per heavy atom. The molecular weight excluding hydrogens is 372 g/mol. The smallest absolute Gasteiger partial charge is 0.312 e. The zero-order valence-electron chi connectivity index (χ0n) is 19.7. The highest BCUT2D eigenvalue weighted by Gasteiger charge is 2.74. The van der Waals surface area contributed by atoms with E-state index in [4.69, 9.17) is 4.74 Å². The number of ether oxygens (including phenoxy) is 1. The molecule has 9 atom stereocenters. The minimum Gasteiger partial charge on any atom is -0.462 e. The summed E-state index contributed by atoms with van der Waals surface area (Å²) in [6.07, 6.45) is 11.4. The van der Waals surface area contributed by atoms with Gasteiger partial charge in [0.25, 0.3) is 0 Å². The van der Waals surface area contributed by atoms with Crippen molar-refractivity contribution in [1.82, 2.24) is 0 Å². The SMILES string of the molecule is CC1(C)C(=O)CC[C@]2(C)[C@H]3CC[C@@H]4[C@H]5[C@@H]6CCC5(CC[C@@]4(C)[C@]3(C)CC[C@@H]12)C(=O)O6. The summed E-state index contributed by atoms with van der Waals surface area (Å²) in [5.74, 6) is 2.95. The van der Waals surface area contributed by atoms with E-state index in [-0.39, 0.29) is 28.3 Å². The number of carbonyl (C=O) groups is 2. The topological polar surface area (TPSA) is 43.4 Å². The van der Waals surface area contributed by atoms with Crippen molar-refractivity contribution >= 4 is 11.8 Å². The Bertz CT molecular complexity index is 830. The molecule has 30 heavy (non-hydrogen) atoms. The number of fused-ring (bicyclic) bond motifs is 5. The molecule has 3 nitrogen and oxygen atoms in total. The van der Waals surface area contributed by atoms with Crippen molar-refractivity contribution in [3.8, 4) is 0 Å². The first-order valence-corrected chi connectivity index (χ1v) is 12.8. The van der Waals surface area contributed by atoms with Crippen LogP contribution in [0.5, 0.6) is 0 Å². The van der Waals surface area contributed by atoms with Crippen LogP contribution in [0.3, 0.4) is 0 Å². The fourth-order valence-corrected chi connectivity index (χ4v) is 11.1. The third-order valence-corrected chi connectivity index (χ3v) is 12.8. The molecule has 2 bridgehead atoms. The van der Waals surface area contributed by atoms with Crippen LogP contribution in [-0.2, 0) is 14.3 Å². The third kappa shape index (κ3) is 1.93. The fourth-order valence-electron chi connectivity index (χ4n) is 11.1. The Morgan fingerprint density at radius 3 is 2.27 bits per heavy atom. The van der Waals surface area contributed by atoms with Gasteiger partial charge < -0.3 is 4.74 Å². The minimum atomic E-state index is -0.173. The molecule has 1 aliphatic heterocycles. The van der Waals surface area contributed by atoms with E-state index in [2.05, 4.69) is 34.6 Å². The second-order valence-corrected chi connectivity index (χ2v) is 13.5. The molecule has 6 rings (SSSR count). The molecule has 5 aliphatic carbocycles. The van der Waals surface area contributed by atoms with Crippen LogP contribution in [0.1, 0.15) is 98.8 Å². The van der Waals surface area contributed by atoms with E-state index >= 15 is 0 Å². The van der Waals surface area contributed by atoms with Crippen molar-refractivity contribution < 1.29 is 14.3 Å². The lowest BCUT2D eigenvalue weighted by molar-refractivity contribution is -0.228. The Labute approximate surface area is 182 Å². The molecule has 1 unspecified atom stereocenters. The van der Waals surface area contributed by atoms with Crippen molar-refractivity contribution in [2.75, 3.05) is 0 Å². The highest BCUT2D eigenvalue weighted by Crippen LogP contribution is 2.77. The van der Waals surface area contributed by atoms with Crippen LogP contribution in [0.25, 0.3) is 0 Å². The summed E-state index contributed by atoms with van der Waals surface area (Å²) in [6, 6.07) is 0. The van der Waals surface area contributed by atoms with Gasteiger partial charge in [-0.15, -0.1) is 0 Å². The number of esters is 1. The van der Waals surface area contributed by atoms with Gasteiger partial charge in [-0.2, -0.15) is 0 Å². The molecule has 6 aliphatic rings. The molecule has 1 heterocycles. The van der Waals surface area contributed by atoms with Crippen molar-refractivity contribution in [2.45, 2.75) is 105 Å². The Kier molecular flexibility index (Phi) is 3.66. The Morgan fingerprint density at radius 1 is 0.767 bits per heavy atom. The monoisotopic (exact) mass is 412 g/mol. The molecule has 3 heteroatoms. The van der Waals surface area contributed by atoms with Crippen molar-refractivity contribution in [3.63, 3.8) is 0 Å². The molecule has 5 saturated carbocycles. The van der Waals surface area contributed by atoms with Crippen molar-refractivity contribution in [1.29, 1.82) is 0 Å². The lowest BCUT2D eigenvalue weighted by atomic mass is 9.32. The third-order valence-electron chi connectivity index (χ3n) is 12.8. The van der Waals surface area contributed by atoms with Crippen LogP contribution >= 0.6 is 0 Å². The van der Waals surface area contributed by atoms with E-state index in [9.17, 15) is 9.59 Å². The standard InChI is InChI=1S/C27H40O3/c1-23(2)18-9-12-26(5)19(24(18,3)11-10-20(23)28)7-6-16-21-17-8-13-27(21,22(29)30-17)15-14-25(16,26)4/h16-19,21H,6-15H2,1-5H3/t16-,17+,18+,19-,21+,24+,25-,26-,27?/m1/s1. The zero-order valence-corrected chi connectivity index (χ0v) is 19.7. The number of hydrogen-bond donors (Lipinski definition) is 0. The molecule has 0 aromatic carbocycles. The molecule has 0 aromatic rings. The van der Waals surface area contributed by atoms with Gasteiger partial charge >= 0.3 is 5.97 Å². The maximum Gasteiger partial charge on any atom is 0.312 e. The molecule has 0 spiro atoms. The summed E-state index contributed by atoms with van der Waals surface area (Å²) in [4.78, 5) is 25.7. The number of Topliss-reactive ketones (excluding diaryl/α,β-unsaturated/α-hetero) is 1. The number of carbonyl (C=O) groups excluding carboxylic acids is 2. The van der Waals surface area contributed by atoms with Crippen LogP contribution in [0.4, 0.5) is 0 Å². The predicted octanol–water partition coefficient (Wildman–Crippen LogP) is 5.95. The molecule has 0 amide bonds. The van der Waals surface area contributed by atoms with Crippen LogP contribution in [0.2, 0.25) is 0 Å². The summed E-state index contributed by atoms with van der Waals surface area (Å²) in [5.41, 5.74) is 0.560. The predicted molar refractivity (Wildman–Crippen MR) is 116 cm³/mol. The first kappa shape index (κ1) is 19.8. The molecule has 0 N–H and O–H groups in total. The second kappa shape index (κ2) is 5.54. The highest BCUT2D eigenvalue weighted by molar-refractivity contribution is 5.85. The quantitative estimate of drug-likeness (QED) is 0.462. The average molecular weight is 413 g/mol. The van der Waals surface area contributed by atoms with Crippen molar-refractivity contribution in [2.24, 2.45) is 50.7 Å². The van der Waals surface area contributed by atoms with Crippen molar-refractivity contribution in [3.05, 3.63) is 0 Å². The lowest BCUT2D eigenvalue weighted by Crippen LogP contribution is -2.66. The van der Waals surface area contributed by atoms with Gasteiger partial charge in [0.15, 0.2) is 0 Å². The van der Waals surface area contributed by atoms with Gasteiger partial charge in [-0.1, -0.05) is 34.6 Å². The van der Waals surface area contributed by atoms with Gasteiger partial charge in [-0.3, -0.25) is 9.59 Å². The summed E-state index contributed by atoms with van der Waals surface area (Å²) < 4.78 is 5.93. The van der Waals surface area contributed by atoms with Gasteiger partial charge in [0, 0.05) is 17.8 Å². The summed E-state index contributed by atoms with van der Waals surface area (Å²) in [7, 11) is 0. The number of hydrogen-bond acceptors (Lipinski definition) is 3. The molecule has 1 saturated heterocycles. The van der Waals surface area contributed by atoms with Crippen LogP contribution in [-0.4, -0.2) is 17.9 Å². The fraction of sp³-hybridized carbons (Fsp3) is 0.926. The van der Waals surface area contributed by atoms with Crippen LogP contribution in [0.15, 0.2) is 0 Å². The van der Waals surface area contributed by atoms with E-state index in [1.165, 1.54) is 32.1 Å². The normalized spacial score (nSPS) is 58.4. The summed E-state index contributed by atoms with van der Waals surface area (Å²) in [5, 5.41) is 0. The van der Waals surface area contributed by atoms with E-state index in [1.54, 1.807) is 0 Å². The number of ketones is 1. The van der Waals surface area contributed by atoms with Gasteiger partial charge in [0.1, 0.15) is 11.9 Å². The Balaban J connectivity index is 1.41. The maximum atomic E-state index is 12.8. The van der Waals surface area contributed by atoms with E-state index in [0.29, 0.717) is 40.3 Å². The largest absolute Gasteiger partial charge is 0.462 e. The van der Waals surface area contributed by atoms with E-state index in [0.717, 1.165) is 32.1 Å². The van der Waals surface area contributed by atoms with Crippen LogP contribution in [0, 0.1) is 50.7 Å². The minimum absolute atomic E-state index is 0.140. The lowest BCUT2D eigenvalue weighted by Gasteiger charge is -2.71. The van der Waals surface area contributed by atoms with Gasteiger partial charge in [-0.25, -0.2) is 0 Å². The summed E-state index contributed by atoms with van der Waals surface area (Å²) in [6.45, 7) is 12.2. The van der Waals surface area contributed by atoms with Crippen LogP contribution < -0.4 is 0 Å². The summed E-state index contributed by atoms with van der Waals surface area (Å²) >= 11 is 0. The first-order valence-electron chi connectivity index (χ1n) is 12.8. The highest BCUT2D eigenvalue weighted by atomic mass is 16.6. The first-order chi connectivity index (χ1) is 14.0. The molecule has 0 radical (unpaired) electrons. The van der Waals surface area contributed by atoms with Gasteiger partial charge in [0.2, 0.25) is 0 Å². The molecule has 0 aromatic heterocycles. The van der Waals surface area contributed by atoms with E-state index < -0.39 is 0 Å². The number of rotatable bonds is 0. The van der Waals surface area contributed by atoms with E-state index in [1.807, 2.05) is 0 Å².